The largest absolute Gasteiger partial charge is 0.147 e. The van der Waals surface area contributed by atoms with Gasteiger partial charge < -0.3 is 0 Å². The number of rotatable bonds is 14. The first-order valence-electron chi connectivity index (χ1n) is 8.51. The van der Waals surface area contributed by atoms with Crippen LogP contribution in [-0.2, 0) is 0 Å². The summed E-state index contributed by atoms with van der Waals surface area (Å²) in [5.74, 6) is 0.945. The summed E-state index contributed by atoms with van der Waals surface area (Å²) in [6.07, 6.45) is 20.2. The van der Waals surface area contributed by atoms with E-state index in [0.29, 0.717) is 0 Å². The van der Waals surface area contributed by atoms with E-state index in [2.05, 4.69) is 23.1 Å². The number of hydrogen-bond donors (Lipinski definition) is 0. The molecule has 0 nitrogen and oxygen atoms in total. The minimum Gasteiger partial charge on any atom is -0.147 e. The first-order chi connectivity index (χ1) is 8.81. The lowest BCUT2D eigenvalue weighted by molar-refractivity contribution is 0.471. The van der Waals surface area contributed by atoms with Gasteiger partial charge in [-0.25, -0.2) is 0 Å². The molecule has 0 spiro atoms. The fourth-order valence-electron chi connectivity index (χ4n) is 2.59. The van der Waals surface area contributed by atoms with Crippen molar-refractivity contribution in [2.45, 2.75) is 97.3 Å². The summed E-state index contributed by atoms with van der Waals surface area (Å²) in [4.78, 5) is 0. The Kier molecular flexibility index (Phi) is 21.7. The molecule has 0 heterocycles. The summed E-state index contributed by atoms with van der Waals surface area (Å²) in [6, 6.07) is 0. The Bertz CT molecular complexity index is 150. The van der Waals surface area contributed by atoms with Crippen LogP contribution in [0.15, 0.2) is 0 Å². The topological polar surface area (TPSA) is 0 Å². The lowest BCUT2D eigenvalue weighted by atomic mass is 9.99. The molecule has 0 aliphatic rings. The van der Waals surface area contributed by atoms with Gasteiger partial charge >= 0.3 is 0 Å². The maximum atomic E-state index is 2.85. The molecule has 0 rings (SSSR count). The van der Waals surface area contributed by atoms with Crippen LogP contribution < -0.4 is 0 Å². The van der Waals surface area contributed by atoms with Crippen molar-refractivity contribution in [1.29, 1.82) is 0 Å². The zero-order valence-corrected chi connectivity index (χ0v) is 15.4. The van der Waals surface area contributed by atoms with E-state index < -0.39 is 0 Å². The first kappa shape index (κ1) is 22.0. The molecule has 0 aromatic rings. The number of hydrogen-bond acceptors (Lipinski definition) is 0. The molecule has 0 aliphatic carbocycles. The molecule has 2 unspecified atom stereocenters. The Morgan fingerprint density at radius 2 is 1.11 bits per heavy atom. The van der Waals surface area contributed by atoms with Gasteiger partial charge in [0.1, 0.15) is 0 Å². The Labute approximate surface area is 131 Å². The van der Waals surface area contributed by atoms with Crippen molar-refractivity contribution in [3.8, 4) is 0 Å². The lowest BCUT2D eigenvalue weighted by Gasteiger charge is -2.09. The normalized spacial score (nSPS) is 12.2. The average molecular weight is 309 g/mol. The van der Waals surface area contributed by atoms with E-state index in [1.807, 2.05) is 0 Å². The second kappa shape index (κ2) is 18.7. The molecule has 0 aromatic carbocycles. The molecule has 0 saturated carbocycles. The Morgan fingerprint density at radius 3 is 1.53 bits per heavy atom. The Hall–Kier alpha value is 0.720. The summed E-state index contributed by atoms with van der Waals surface area (Å²) >= 11 is 0. The molecule has 0 saturated heterocycles. The van der Waals surface area contributed by atoms with Crippen molar-refractivity contribution in [3.05, 3.63) is 0 Å². The van der Waals surface area contributed by atoms with Crippen LogP contribution in [0.5, 0.6) is 0 Å². The van der Waals surface area contributed by atoms with Crippen molar-refractivity contribution in [3.63, 3.8) is 0 Å². The van der Waals surface area contributed by atoms with Crippen LogP contribution in [0.4, 0.5) is 0 Å². The smallest absolute Gasteiger partial charge is 0.0379 e. The molecule has 19 heavy (non-hydrogen) atoms. The maximum absolute atomic E-state index is 2.85. The van der Waals surface area contributed by atoms with E-state index in [-0.39, 0.29) is 12.4 Å². The van der Waals surface area contributed by atoms with Crippen molar-refractivity contribution < 1.29 is 0 Å². The molecule has 0 bridgehead atoms. The molecule has 0 N–H and O–H groups in total. The molecule has 0 radical (unpaired) electrons. The Morgan fingerprint density at radius 1 is 0.684 bits per heavy atom. The quantitative estimate of drug-likeness (QED) is 0.239. The average Bonchev–Trinajstić information content (AvgIpc) is 2.36. The van der Waals surface area contributed by atoms with Gasteiger partial charge in [0.15, 0.2) is 0 Å². The van der Waals surface area contributed by atoms with E-state index in [9.17, 15) is 0 Å². The van der Waals surface area contributed by atoms with E-state index in [0.717, 1.165) is 5.92 Å². The van der Waals surface area contributed by atoms with Crippen LogP contribution in [0.2, 0.25) is 0 Å². The van der Waals surface area contributed by atoms with E-state index in [4.69, 9.17) is 0 Å². The van der Waals surface area contributed by atoms with Gasteiger partial charge in [-0.3, -0.25) is 0 Å². The second-order valence-electron chi connectivity index (χ2n) is 6.01. The van der Waals surface area contributed by atoms with Gasteiger partial charge in [0.2, 0.25) is 0 Å². The van der Waals surface area contributed by atoms with Crippen molar-refractivity contribution in [2.75, 3.05) is 6.16 Å². The van der Waals surface area contributed by atoms with Crippen molar-refractivity contribution >= 4 is 21.6 Å². The van der Waals surface area contributed by atoms with Gasteiger partial charge in [-0.05, 0) is 18.5 Å². The summed E-state index contributed by atoms with van der Waals surface area (Å²) in [5.41, 5.74) is 0. The Balaban J connectivity index is 0. The molecule has 0 aromatic heterocycles. The van der Waals surface area contributed by atoms with Gasteiger partial charge in [-0.2, -0.15) is 0 Å². The van der Waals surface area contributed by atoms with Crippen LogP contribution in [-0.4, -0.2) is 6.16 Å². The summed E-state index contributed by atoms with van der Waals surface area (Å²) < 4.78 is 0. The van der Waals surface area contributed by atoms with Crippen molar-refractivity contribution in [2.24, 2.45) is 5.92 Å². The summed E-state index contributed by atoms with van der Waals surface area (Å²) in [5, 5.41) is 0. The monoisotopic (exact) mass is 308 g/mol. The maximum Gasteiger partial charge on any atom is -0.0379 e. The summed E-state index contributed by atoms with van der Waals surface area (Å²) in [6.45, 7) is 4.70. The van der Waals surface area contributed by atoms with E-state index in [1.54, 1.807) is 0 Å². The second-order valence-corrected chi connectivity index (χ2v) is 6.58. The van der Waals surface area contributed by atoms with Gasteiger partial charge in [-0.1, -0.05) is 90.9 Å². The lowest BCUT2D eigenvalue weighted by Crippen LogP contribution is -1.95. The first-order valence-corrected chi connectivity index (χ1v) is 9.33. The van der Waals surface area contributed by atoms with E-state index in [1.165, 1.54) is 89.6 Å². The predicted molar refractivity (Wildman–Crippen MR) is 96.7 cm³/mol. The molecule has 0 fully saturated rings. The number of halogens is 1. The van der Waals surface area contributed by atoms with Crippen LogP contribution in [0.3, 0.4) is 0 Å². The van der Waals surface area contributed by atoms with Gasteiger partial charge in [0.25, 0.3) is 0 Å². The molecule has 0 amide bonds. The summed E-state index contributed by atoms with van der Waals surface area (Å²) in [7, 11) is 2.85. The fraction of sp³-hybridized carbons (Fsp3) is 1.00. The molecule has 2 atom stereocenters. The predicted octanol–water partition coefficient (Wildman–Crippen LogP) is 7.01. The highest BCUT2D eigenvalue weighted by Crippen LogP contribution is 2.16. The molecule has 2 heteroatoms. The third-order valence-electron chi connectivity index (χ3n) is 3.96. The van der Waals surface area contributed by atoms with Crippen LogP contribution >= 0.6 is 21.6 Å². The minimum atomic E-state index is 0. The SMILES string of the molecule is CCCCCCCCCCCCCC(C)CCP.Cl. The van der Waals surface area contributed by atoms with Crippen LogP contribution in [0.25, 0.3) is 0 Å². The third kappa shape index (κ3) is 18.7. The molecular weight excluding hydrogens is 271 g/mol. The molecular formula is C17H38ClP. The number of unbranched alkanes of at least 4 members (excludes halogenated alkanes) is 10. The van der Waals surface area contributed by atoms with Crippen molar-refractivity contribution in [1.82, 2.24) is 0 Å². The fourth-order valence-corrected chi connectivity index (χ4v) is 3.15. The van der Waals surface area contributed by atoms with Gasteiger partial charge in [0.05, 0.1) is 0 Å². The van der Waals surface area contributed by atoms with Gasteiger partial charge in [0, 0.05) is 0 Å². The third-order valence-corrected chi connectivity index (χ3v) is 4.29. The molecule has 0 aliphatic heterocycles. The van der Waals surface area contributed by atoms with Gasteiger partial charge in [-0.15, -0.1) is 21.6 Å². The zero-order valence-electron chi connectivity index (χ0n) is 13.5. The van der Waals surface area contributed by atoms with Crippen LogP contribution in [0, 0.1) is 5.92 Å². The van der Waals surface area contributed by atoms with E-state index >= 15 is 0 Å². The highest BCUT2D eigenvalue weighted by Gasteiger charge is 1.99. The standard InChI is InChI=1S/C17H37P.ClH/c1-3-4-5-6-7-8-9-10-11-12-13-14-17(2)15-16-18;/h17H,3-16,18H2,1-2H3;1H. The highest BCUT2D eigenvalue weighted by atomic mass is 35.5. The molecule has 118 valence electrons. The zero-order chi connectivity index (χ0) is 13.5. The minimum absolute atomic E-state index is 0. The highest BCUT2D eigenvalue weighted by molar-refractivity contribution is 7.16. The van der Waals surface area contributed by atoms with Crippen LogP contribution in [0.1, 0.15) is 97.3 Å².